The Hall–Kier alpha value is -2.82. The molecule has 0 aliphatic rings. The maximum atomic E-state index is 12.0. The number of H-pyrrole nitrogens is 1. The Labute approximate surface area is 122 Å². The van der Waals surface area contributed by atoms with Crippen molar-refractivity contribution in [2.45, 2.75) is 13.8 Å². The summed E-state index contributed by atoms with van der Waals surface area (Å²) in [6, 6.07) is 11.2. The quantitative estimate of drug-likeness (QED) is 0.667. The van der Waals surface area contributed by atoms with Crippen LogP contribution in [-0.4, -0.2) is 16.0 Å². The molecule has 5 heteroatoms. The Balaban J connectivity index is 1.73. The smallest absolute Gasteiger partial charge is 0.324 e. The minimum atomic E-state index is -0.303. The number of carbonyl (C=O) groups is 1. The first-order chi connectivity index (χ1) is 10.1. The van der Waals surface area contributed by atoms with Crippen LogP contribution in [0.4, 0.5) is 16.3 Å². The monoisotopic (exact) mass is 280 g/mol. The van der Waals surface area contributed by atoms with Gasteiger partial charge in [-0.3, -0.25) is 5.32 Å². The molecule has 3 N–H and O–H groups in total. The van der Waals surface area contributed by atoms with Crippen molar-refractivity contribution in [3.05, 3.63) is 53.9 Å². The van der Waals surface area contributed by atoms with Gasteiger partial charge in [-0.1, -0.05) is 0 Å². The number of aromatic amines is 1. The normalized spacial score (nSPS) is 10.6. The minimum Gasteiger partial charge on any atom is -0.361 e. The highest BCUT2D eigenvalue weighted by Gasteiger charge is 2.05. The summed E-state index contributed by atoms with van der Waals surface area (Å²) in [7, 11) is 0. The van der Waals surface area contributed by atoms with Crippen molar-refractivity contribution in [2.75, 3.05) is 10.6 Å². The topological polar surface area (TPSA) is 69.8 Å². The Morgan fingerprint density at radius 1 is 1.10 bits per heavy atom. The summed E-state index contributed by atoms with van der Waals surface area (Å²) in [5.74, 6) is 0.549. The lowest BCUT2D eigenvalue weighted by atomic mass is 10.2. The van der Waals surface area contributed by atoms with E-state index in [-0.39, 0.29) is 6.03 Å². The second-order valence-corrected chi connectivity index (χ2v) is 5.03. The first kappa shape index (κ1) is 13.2. The molecule has 0 spiro atoms. The van der Waals surface area contributed by atoms with Crippen LogP contribution in [0.3, 0.4) is 0 Å². The number of fused-ring (bicyclic) bond motifs is 1. The van der Waals surface area contributed by atoms with Gasteiger partial charge in [0.15, 0.2) is 0 Å². The van der Waals surface area contributed by atoms with Crippen LogP contribution in [0.15, 0.2) is 42.6 Å². The van der Waals surface area contributed by atoms with Crippen LogP contribution in [0.5, 0.6) is 0 Å². The zero-order valence-corrected chi connectivity index (χ0v) is 11.9. The molecule has 0 aliphatic carbocycles. The third kappa shape index (κ3) is 3.02. The molecule has 0 atom stereocenters. The molecule has 5 nitrogen and oxygen atoms in total. The van der Waals surface area contributed by atoms with Crippen molar-refractivity contribution in [1.29, 1.82) is 0 Å². The predicted octanol–water partition coefficient (Wildman–Crippen LogP) is 3.82. The molecule has 0 saturated carbocycles. The van der Waals surface area contributed by atoms with Crippen LogP contribution in [0.25, 0.3) is 10.9 Å². The van der Waals surface area contributed by atoms with Crippen molar-refractivity contribution in [3.8, 4) is 0 Å². The number of nitrogens with one attached hydrogen (secondary N) is 3. The summed E-state index contributed by atoms with van der Waals surface area (Å²) < 4.78 is 0. The number of hydrogen-bond acceptors (Lipinski definition) is 2. The molecule has 2 heterocycles. The molecular formula is C16H16N4O. The average molecular weight is 280 g/mol. The van der Waals surface area contributed by atoms with Gasteiger partial charge in [0.1, 0.15) is 5.82 Å². The fourth-order valence-electron chi connectivity index (χ4n) is 2.32. The van der Waals surface area contributed by atoms with Crippen LogP contribution < -0.4 is 10.6 Å². The number of nitrogens with zero attached hydrogens (tertiary/aromatic N) is 1. The zero-order chi connectivity index (χ0) is 14.8. The Morgan fingerprint density at radius 3 is 2.76 bits per heavy atom. The number of anilines is 2. The van der Waals surface area contributed by atoms with Gasteiger partial charge in [0, 0.05) is 28.5 Å². The van der Waals surface area contributed by atoms with E-state index in [4.69, 9.17) is 0 Å². The molecule has 0 radical (unpaired) electrons. The Bertz CT molecular complexity index is 787. The van der Waals surface area contributed by atoms with E-state index in [2.05, 4.69) is 20.6 Å². The van der Waals surface area contributed by atoms with E-state index >= 15 is 0 Å². The zero-order valence-electron chi connectivity index (χ0n) is 11.9. The standard InChI is InChI=1S/C16H16N4O/c1-10-7-11(2)18-15(8-10)20-16(21)19-13-3-4-14-12(9-13)5-6-17-14/h3-9,17H,1-2H3,(H2,18,19,20,21). The van der Waals surface area contributed by atoms with E-state index in [9.17, 15) is 4.79 Å². The molecule has 106 valence electrons. The lowest BCUT2D eigenvalue weighted by molar-refractivity contribution is 0.262. The highest BCUT2D eigenvalue weighted by Crippen LogP contribution is 2.18. The highest BCUT2D eigenvalue weighted by molar-refractivity contribution is 6.00. The maximum Gasteiger partial charge on any atom is 0.324 e. The van der Waals surface area contributed by atoms with E-state index < -0.39 is 0 Å². The van der Waals surface area contributed by atoms with Crippen LogP contribution in [-0.2, 0) is 0 Å². The predicted molar refractivity (Wildman–Crippen MR) is 84.7 cm³/mol. The van der Waals surface area contributed by atoms with Crippen molar-refractivity contribution >= 4 is 28.4 Å². The second kappa shape index (κ2) is 5.28. The number of urea groups is 1. The molecule has 2 aromatic heterocycles. The van der Waals surface area contributed by atoms with Crippen LogP contribution in [0.1, 0.15) is 11.3 Å². The fourth-order valence-corrected chi connectivity index (χ4v) is 2.32. The highest BCUT2D eigenvalue weighted by atomic mass is 16.2. The number of aromatic nitrogens is 2. The molecule has 3 aromatic rings. The van der Waals surface area contributed by atoms with E-state index in [1.807, 2.05) is 56.4 Å². The Kier molecular flexibility index (Phi) is 3.31. The number of benzene rings is 1. The van der Waals surface area contributed by atoms with E-state index in [0.717, 1.165) is 27.8 Å². The number of pyridine rings is 1. The Morgan fingerprint density at radius 2 is 1.95 bits per heavy atom. The van der Waals surface area contributed by atoms with Crippen molar-refractivity contribution in [3.63, 3.8) is 0 Å². The summed E-state index contributed by atoms with van der Waals surface area (Å²) in [5.41, 5.74) is 3.71. The van der Waals surface area contributed by atoms with Crippen LogP contribution in [0, 0.1) is 13.8 Å². The molecule has 3 rings (SSSR count). The van der Waals surface area contributed by atoms with Crippen LogP contribution >= 0.6 is 0 Å². The third-order valence-electron chi connectivity index (χ3n) is 3.15. The number of hydrogen-bond donors (Lipinski definition) is 3. The van der Waals surface area contributed by atoms with E-state index in [0.29, 0.717) is 5.82 Å². The van der Waals surface area contributed by atoms with Gasteiger partial charge < -0.3 is 10.3 Å². The summed E-state index contributed by atoms with van der Waals surface area (Å²) in [5, 5.41) is 6.61. The van der Waals surface area contributed by atoms with Gasteiger partial charge in [0.2, 0.25) is 0 Å². The lowest BCUT2D eigenvalue weighted by Gasteiger charge is -2.08. The number of carbonyl (C=O) groups excluding carboxylic acids is 1. The van der Waals surface area contributed by atoms with E-state index in [1.54, 1.807) is 0 Å². The molecule has 2 amide bonds. The minimum absolute atomic E-state index is 0.303. The summed E-state index contributed by atoms with van der Waals surface area (Å²) in [6.45, 7) is 3.87. The first-order valence-corrected chi connectivity index (χ1v) is 6.70. The van der Waals surface area contributed by atoms with Gasteiger partial charge in [0.05, 0.1) is 0 Å². The molecular weight excluding hydrogens is 264 g/mol. The van der Waals surface area contributed by atoms with Gasteiger partial charge in [-0.15, -0.1) is 0 Å². The van der Waals surface area contributed by atoms with Crippen molar-refractivity contribution < 1.29 is 4.79 Å². The van der Waals surface area contributed by atoms with E-state index in [1.165, 1.54) is 0 Å². The SMILES string of the molecule is Cc1cc(C)nc(NC(=O)Nc2ccc3[nH]ccc3c2)c1. The van der Waals surface area contributed by atoms with Gasteiger partial charge in [-0.2, -0.15) is 0 Å². The summed E-state index contributed by atoms with van der Waals surface area (Å²) >= 11 is 0. The van der Waals surface area contributed by atoms with Gasteiger partial charge in [-0.05, 0) is 55.8 Å². The van der Waals surface area contributed by atoms with Gasteiger partial charge in [0.25, 0.3) is 0 Å². The third-order valence-corrected chi connectivity index (χ3v) is 3.15. The van der Waals surface area contributed by atoms with Crippen LogP contribution in [0.2, 0.25) is 0 Å². The molecule has 0 bridgehead atoms. The number of amides is 2. The summed E-state index contributed by atoms with van der Waals surface area (Å²) in [4.78, 5) is 19.4. The van der Waals surface area contributed by atoms with Gasteiger partial charge >= 0.3 is 6.03 Å². The molecule has 21 heavy (non-hydrogen) atoms. The number of aryl methyl sites for hydroxylation is 2. The lowest BCUT2D eigenvalue weighted by Crippen LogP contribution is -2.20. The number of rotatable bonds is 2. The van der Waals surface area contributed by atoms with Crippen molar-refractivity contribution in [2.24, 2.45) is 0 Å². The maximum absolute atomic E-state index is 12.0. The molecule has 0 saturated heterocycles. The largest absolute Gasteiger partial charge is 0.361 e. The fraction of sp³-hybridized carbons (Fsp3) is 0.125. The molecule has 0 unspecified atom stereocenters. The summed E-state index contributed by atoms with van der Waals surface area (Å²) in [6.07, 6.45) is 1.87. The second-order valence-electron chi connectivity index (χ2n) is 5.03. The first-order valence-electron chi connectivity index (χ1n) is 6.70. The van der Waals surface area contributed by atoms with Crippen molar-refractivity contribution in [1.82, 2.24) is 9.97 Å². The molecule has 0 aliphatic heterocycles. The average Bonchev–Trinajstić information content (AvgIpc) is 2.84. The molecule has 1 aromatic carbocycles. The van der Waals surface area contributed by atoms with Gasteiger partial charge in [-0.25, -0.2) is 9.78 Å². The molecule has 0 fully saturated rings.